The van der Waals surface area contributed by atoms with E-state index in [1.54, 1.807) is 34.1 Å². The molecular formula is C22H21F3N6O3. The van der Waals surface area contributed by atoms with E-state index in [4.69, 9.17) is 0 Å². The molecule has 1 aliphatic rings. The molecule has 0 radical (unpaired) electrons. The van der Waals surface area contributed by atoms with Crippen LogP contribution in [0.2, 0.25) is 0 Å². The average Bonchev–Trinajstić information content (AvgIpc) is 2.81. The molecule has 4 rings (SSSR count). The number of alkyl halides is 3. The summed E-state index contributed by atoms with van der Waals surface area (Å²) in [4.78, 5) is 40.8. The lowest BCUT2D eigenvalue weighted by Gasteiger charge is -2.34. The van der Waals surface area contributed by atoms with Gasteiger partial charge in [0.2, 0.25) is 11.8 Å². The van der Waals surface area contributed by atoms with Crippen LogP contribution in [-0.2, 0) is 22.3 Å². The zero-order chi connectivity index (χ0) is 24.3. The third-order valence-corrected chi connectivity index (χ3v) is 5.51. The van der Waals surface area contributed by atoms with Crippen LogP contribution in [0.5, 0.6) is 0 Å². The third kappa shape index (κ3) is 5.22. The maximum atomic E-state index is 13.1. The summed E-state index contributed by atoms with van der Waals surface area (Å²) in [7, 11) is 0. The third-order valence-electron chi connectivity index (χ3n) is 5.51. The summed E-state index contributed by atoms with van der Waals surface area (Å²) in [6.45, 7) is 0.966. The Bertz CT molecular complexity index is 1270. The summed E-state index contributed by atoms with van der Waals surface area (Å²) in [6, 6.07) is 11.5. The molecule has 1 fully saturated rings. The standard InChI is InChI=1S/C22H21F3N6O3/c23-22(24,25)16-6-2-4-8-18(16)26-19(32)13-29-9-11-30(12-10-29)20(33)14-31-21(34)15-5-1-3-7-17(15)27-28-31/h1-8H,9-14H2,(H,26,32). The van der Waals surface area contributed by atoms with Gasteiger partial charge >= 0.3 is 6.18 Å². The number of amides is 2. The molecule has 0 atom stereocenters. The van der Waals surface area contributed by atoms with Crippen molar-refractivity contribution in [1.29, 1.82) is 0 Å². The summed E-state index contributed by atoms with van der Waals surface area (Å²) in [5.41, 5.74) is -1.17. The summed E-state index contributed by atoms with van der Waals surface area (Å²) < 4.78 is 40.3. The van der Waals surface area contributed by atoms with Crippen LogP contribution in [0.15, 0.2) is 53.3 Å². The van der Waals surface area contributed by atoms with Gasteiger partial charge in [-0.3, -0.25) is 19.3 Å². The second-order valence-corrected chi connectivity index (χ2v) is 7.82. The zero-order valence-electron chi connectivity index (χ0n) is 18.0. The first-order chi connectivity index (χ1) is 16.2. The molecule has 0 spiro atoms. The molecule has 2 amide bonds. The van der Waals surface area contributed by atoms with Crippen molar-refractivity contribution in [2.45, 2.75) is 12.7 Å². The highest BCUT2D eigenvalue weighted by Gasteiger charge is 2.33. The van der Waals surface area contributed by atoms with E-state index < -0.39 is 23.2 Å². The van der Waals surface area contributed by atoms with E-state index in [1.807, 2.05) is 0 Å². The molecule has 12 heteroatoms. The quantitative estimate of drug-likeness (QED) is 0.603. The minimum Gasteiger partial charge on any atom is -0.339 e. The molecule has 0 saturated carbocycles. The number of para-hydroxylation sites is 1. The Morgan fingerprint density at radius 1 is 0.941 bits per heavy atom. The summed E-state index contributed by atoms with van der Waals surface area (Å²) in [6.07, 6.45) is -4.58. The second-order valence-electron chi connectivity index (χ2n) is 7.82. The highest BCUT2D eigenvalue weighted by atomic mass is 19.4. The van der Waals surface area contributed by atoms with Crippen molar-refractivity contribution in [2.75, 3.05) is 38.0 Å². The van der Waals surface area contributed by atoms with Gasteiger partial charge in [0.25, 0.3) is 5.56 Å². The average molecular weight is 474 g/mol. The van der Waals surface area contributed by atoms with Crippen molar-refractivity contribution in [1.82, 2.24) is 24.8 Å². The molecule has 0 bridgehead atoms. The maximum absolute atomic E-state index is 13.1. The maximum Gasteiger partial charge on any atom is 0.418 e. The van der Waals surface area contributed by atoms with Gasteiger partial charge in [-0.15, -0.1) is 5.10 Å². The van der Waals surface area contributed by atoms with Gasteiger partial charge < -0.3 is 10.2 Å². The lowest BCUT2D eigenvalue weighted by Crippen LogP contribution is -2.51. The number of nitrogens with one attached hydrogen (secondary N) is 1. The molecule has 2 aromatic carbocycles. The molecule has 178 valence electrons. The lowest BCUT2D eigenvalue weighted by molar-refractivity contribution is -0.137. The fourth-order valence-electron chi connectivity index (χ4n) is 3.74. The molecule has 1 aliphatic heterocycles. The van der Waals surface area contributed by atoms with Crippen LogP contribution >= 0.6 is 0 Å². The Morgan fingerprint density at radius 2 is 1.62 bits per heavy atom. The minimum absolute atomic E-state index is 0.107. The summed E-state index contributed by atoms with van der Waals surface area (Å²) in [5.74, 6) is -0.885. The molecule has 1 aromatic heterocycles. The Morgan fingerprint density at radius 3 is 2.35 bits per heavy atom. The smallest absolute Gasteiger partial charge is 0.339 e. The SMILES string of the molecule is O=C(CN1CCN(C(=O)Cn2nnc3ccccc3c2=O)CC1)Nc1ccccc1C(F)(F)F. The van der Waals surface area contributed by atoms with Crippen molar-refractivity contribution >= 4 is 28.4 Å². The van der Waals surface area contributed by atoms with Gasteiger partial charge in [0.15, 0.2) is 0 Å². The molecule has 9 nitrogen and oxygen atoms in total. The number of hydrogen-bond donors (Lipinski definition) is 1. The molecule has 3 aromatic rings. The minimum atomic E-state index is -4.58. The van der Waals surface area contributed by atoms with Crippen LogP contribution in [0.4, 0.5) is 18.9 Å². The van der Waals surface area contributed by atoms with E-state index in [1.165, 1.54) is 18.2 Å². The second kappa shape index (κ2) is 9.59. The van der Waals surface area contributed by atoms with E-state index in [0.717, 1.165) is 10.7 Å². The number of rotatable bonds is 5. The van der Waals surface area contributed by atoms with E-state index >= 15 is 0 Å². The van der Waals surface area contributed by atoms with Crippen molar-refractivity contribution < 1.29 is 22.8 Å². The van der Waals surface area contributed by atoms with Gasteiger partial charge in [0, 0.05) is 26.2 Å². The van der Waals surface area contributed by atoms with Crippen molar-refractivity contribution in [3.05, 3.63) is 64.4 Å². The van der Waals surface area contributed by atoms with Crippen LogP contribution in [-0.4, -0.2) is 69.3 Å². The molecule has 1 saturated heterocycles. The monoisotopic (exact) mass is 474 g/mol. The van der Waals surface area contributed by atoms with Gasteiger partial charge in [-0.2, -0.15) is 13.2 Å². The molecular weight excluding hydrogens is 453 g/mol. The predicted octanol–water partition coefficient (Wildman–Crippen LogP) is 1.59. The number of aromatic nitrogens is 3. The Labute approximate surface area is 191 Å². The predicted molar refractivity (Wildman–Crippen MR) is 117 cm³/mol. The van der Waals surface area contributed by atoms with Crippen molar-refractivity contribution in [3.63, 3.8) is 0 Å². The topological polar surface area (TPSA) is 100 Å². The summed E-state index contributed by atoms with van der Waals surface area (Å²) >= 11 is 0. The van der Waals surface area contributed by atoms with Crippen LogP contribution in [0.1, 0.15) is 5.56 Å². The summed E-state index contributed by atoms with van der Waals surface area (Å²) in [5, 5.41) is 10.5. The first-order valence-corrected chi connectivity index (χ1v) is 10.5. The normalized spacial score (nSPS) is 14.9. The fourth-order valence-corrected chi connectivity index (χ4v) is 3.74. The van der Waals surface area contributed by atoms with E-state index in [2.05, 4.69) is 15.6 Å². The Hall–Kier alpha value is -3.80. The molecule has 2 heterocycles. The zero-order valence-corrected chi connectivity index (χ0v) is 18.0. The number of carbonyl (C=O) groups is 2. The van der Waals surface area contributed by atoms with Gasteiger partial charge in [-0.25, -0.2) is 4.68 Å². The van der Waals surface area contributed by atoms with Gasteiger partial charge in [-0.05, 0) is 24.3 Å². The van der Waals surface area contributed by atoms with Gasteiger partial charge in [0.05, 0.1) is 23.2 Å². The van der Waals surface area contributed by atoms with Crippen molar-refractivity contribution in [2.24, 2.45) is 0 Å². The fraction of sp³-hybridized carbons (Fsp3) is 0.318. The van der Waals surface area contributed by atoms with E-state index in [0.29, 0.717) is 37.1 Å². The molecule has 0 unspecified atom stereocenters. The largest absolute Gasteiger partial charge is 0.418 e. The first kappa shape index (κ1) is 23.4. The number of hydrogen-bond acceptors (Lipinski definition) is 6. The van der Waals surface area contributed by atoms with E-state index in [-0.39, 0.29) is 24.7 Å². The number of benzene rings is 2. The highest BCUT2D eigenvalue weighted by molar-refractivity contribution is 5.93. The molecule has 1 N–H and O–H groups in total. The number of fused-ring (bicyclic) bond motifs is 1. The van der Waals surface area contributed by atoms with Crippen molar-refractivity contribution in [3.8, 4) is 0 Å². The number of carbonyl (C=O) groups excluding carboxylic acids is 2. The molecule has 34 heavy (non-hydrogen) atoms. The van der Waals surface area contributed by atoms with Crippen LogP contribution in [0, 0.1) is 0 Å². The first-order valence-electron chi connectivity index (χ1n) is 10.5. The van der Waals surface area contributed by atoms with Crippen LogP contribution in [0.3, 0.4) is 0 Å². The Kier molecular flexibility index (Phi) is 6.59. The van der Waals surface area contributed by atoms with Crippen LogP contribution in [0.25, 0.3) is 10.9 Å². The van der Waals surface area contributed by atoms with Gasteiger partial charge in [0.1, 0.15) is 12.1 Å². The lowest BCUT2D eigenvalue weighted by atomic mass is 10.1. The number of halogens is 3. The van der Waals surface area contributed by atoms with E-state index in [9.17, 15) is 27.6 Å². The Balaban J connectivity index is 1.31. The number of anilines is 1. The van der Waals surface area contributed by atoms with Gasteiger partial charge in [-0.1, -0.05) is 29.5 Å². The number of nitrogens with zero attached hydrogens (tertiary/aromatic N) is 5. The highest BCUT2D eigenvalue weighted by Crippen LogP contribution is 2.34. The van der Waals surface area contributed by atoms with Crippen LogP contribution < -0.4 is 10.9 Å². The molecule has 0 aliphatic carbocycles. The number of piperazine rings is 1.